The van der Waals surface area contributed by atoms with Crippen molar-refractivity contribution in [1.29, 1.82) is 0 Å². The molecule has 3 heteroatoms. The highest BCUT2D eigenvalue weighted by atomic mass is 16.2. The smallest absolute Gasteiger partial charge is 0.231 e. The number of amides is 1. The lowest BCUT2D eigenvalue weighted by Gasteiger charge is -2.18. The zero-order chi connectivity index (χ0) is 9.71. The minimum absolute atomic E-state index is 0.0214. The van der Waals surface area contributed by atoms with E-state index in [1.807, 2.05) is 18.2 Å². The predicted molar refractivity (Wildman–Crippen MR) is 49.8 cm³/mol. The van der Waals surface area contributed by atoms with Gasteiger partial charge in [0.25, 0.3) is 0 Å². The van der Waals surface area contributed by atoms with Crippen LogP contribution < -0.4 is 5.32 Å². The van der Waals surface area contributed by atoms with Crippen LogP contribution in [0.3, 0.4) is 0 Å². The maximum atomic E-state index is 11.8. The van der Waals surface area contributed by atoms with E-state index in [9.17, 15) is 9.59 Å². The fourth-order valence-corrected chi connectivity index (χ4v) is 2.32. The molecule has 14 heavy (non-hydrogen) atoms. The Labute approximate surface area is 81.1 Å². The number of fused-ring (bicyclic) bond motifs is 4. The lowest BCUT2D eigenvalue weighted by Crippen LogP contribution is -2.23. The van der Waals surface area contributed by atoms with E-state index in [0.29, 0.717) is 12.0 Å². The van der Waals surface area contributed by atoms with Gasteiger partial charge in [0.15, 0.2) is 5.78 Å². The largest absolute Gasteiger partial charge is 0.349 e. The Bertz CT molecular complexity index is 439. The average molecular weight is 187 g/mol. The van der Waals surface area contributed by atoms with Crippen LogP contribution in [0.2, 0.25) is 0 Å². The Morgan fingerprint density at radius 1 is 1.21 bits per heavy atom. The number of carbonyl (C=O) groups excluding carboxylic acids is 2. The maximum Gasteiger partial charge on any atom is 0.231 e. The zero-order valence-corrected chi connectivity index (χ0v) is 7.49. The Morgan fingerprint density at radius 2 is 2.00 bits per heavy atom. The van der Waals surface area contributed by atoms with Crippen molar-refractivity contribution in [2.24, 2.45) is 5.92 Å². The quantitative estimate of drug-likeness (QED) is 0.617. The number of nitrogens with one attached hydrogen (secondary N) is 1. The summed E-state index contributed by atoms with van der Waals surface area (Å²) >= 11 is 0. The van der Waals surface area contributed by atoms with Crippen molar-refractivity contribution in [2.75, 3.05) is 0 Å². The first kappa shape index (κ1) is 7.74. The van der Waals surface area contributed by atoms with Gasteiger partial charge in [-0.25, -0.2) is 0 Å². The van der Waals surface area contributed by atoms with Gasteiger partial charge in [-0.2, -0.15) is 0 Å². The highest BCUT2D eigenvalue weighted by Crippen LogP contribution is 2.37. The number of benzene rings is 1. The molecule has 1 aliphatic heterocycles. The molecule has 70 valence electrons. The molecule has 1 amide bonds. The Balaban J connectivity index is 2.22. The minimum atomic E-state index is -0.435. The van der Waals surface area contributed by atoms with Gasteiger partial charge in [0.2, 0.25) is 5.91 Å². The van der Waals surface area contributed by atoms with Gasteiger partial charge in [0.05, 0.1) is 6.04 Å². The second-order valence-electron chi connectivity index (χ2n) is 3.80. The monoisotopic (exact) mass is 187 g/mol. The maximum absolute atomic E-state index is 11.8. The molecule has 1 aliphatic carbocycles. The van der Waals surface area contributed by atoms with Crippen LogP contribution in [-0.4, -0.2) is 11.7 Å². The summed E-state index contributed by atoms with van der Waals surface area (Å²) in [6.45, 7) is 0. The van der Waals surface area contributed by atoms with Crippen LogP contribution in [0.4, 0.5) is 0 Å². The van der Waals surface area contributed by atoms with Gasteiger partial charge in [-0.15, -0.1) is 0 Å². The number of Topliss-reactive ketones (excluding diaryl/α,β-unsaturated/α-hetero) is 1. The molecule has 1 aromatic carbocycles. The number of ketones is 1. The zero-order valence-electron chi connectivity index (χ0n) is 7.49. The van der Waals surface area contributed by atoms with Crippen LogP contribution in [0.25, 0.3) is 0 Å². The summed E-state index contributed by atoms with van der Waals surface area (Å²) in [6, 6.07) is 7.51. The lowest BCUT2D eigenvalue weighted by molar-refractivity contribution is -0.121. The van der Waals surface area contributed by atoms with E-state index < -0.39 is 5.92 Å². The van der Waals surface area contributed by atoms with Crippen LogP contribution in [0.15, 0.2) is 24.3 Å². The normalized spacial score (nSPS) is 28.6. The van der Waals surface area contributed by atoms with Crippen LogP contribution in [0, 0.1) is 5.92 Å². The molecular formula is C11H9NO2. The summed E-state index contributed by atoms with van der Waals surface area (Å²) in [5.74, 6) is -0.571. The summed E-state index contributed by atoms with van der Waals surface area (Å²) in [6.07, 6.45) is 0.634. The topological polar surface area (TPSA) is 46.2 Å². The Morgan fingerprint density at radius 3 is 2.86 bits per heavy atom. The fraction of sp³-hybridized carbons (Fsp3) is 0.273. The van der Waals surface area contributed by atoms with E-state index in [4.69, 9.17) is 0 Å². The average Bonchev–Trinajstić information content (AvgIpc) is 2.55. The SMILES string of the molecule is O=C1NC2CC1C(=O)c1ccccc12. The highest BCUT2D eigenvalue weighted by molar-refractivity contribution is 6.13. The molecule has 1 N–H and O–H groups in total. The first-order chi connectivity index (χ1) is 6.77. The molecular weight excluding hydrogens is 178 g/mol. The van der Waals surface area contributed by atoms with Crippen molar-refractivity contribution in [3.8, 4) is 0 Å². The standard InChI is InChI=1S/C11H9NO2/c13-10-7-4-2-1-3-6(7)9-5-8(10)11(14)12-9/h1-4,8-9H,5H2,(H,12,14). The highest BCUT2D eigenvalue weighted by Gasteiger charge is 2.43. The summed E-state index contributed by atoms with van der Waals surface area (Å²) in [7, 11) is 0. The summed E-state index contributed by atoms with van der Waals surface area (Å²) in [4.78, 5) is 23.2. The second-order valence-corrected chi connectivity index (χ2v) is 3.80. The van der Waals surface area contributed by atoms with Crippen LogP contribution in [0.1, 0.15) is 28.4 Å². The van der Waals surface area contributed by atoms with Gasteiger partial charge in [-0.05, 0) is 12.0 Å². The van der Waals surface area contributed by atoms with Gasteiger partial charge < -0.3 is 5.32 Å². The Kier molecular flexibility index (Phi) is 1.35. The van der Waals surface area contributed by atoms with Gasteiger partial charge in [-0.3, -0.25) is 9.59 Å². The molecule has 2 atom stereocenters. The van der Waals surface area contributed by atoms with E-state index in [1.54, 1.807) is 6.07 Å². The first-order valence-corrected chi connectivity index (χ1v) is 4.71. The Hall–Kier alpha value is -1.64. The van der Waals surface area contributed by atoms with Gasteiger partial charge in [0.1, 0.15) is 5.92 Å². The minimum Gasteiger partial charge on any atom is -0.349 e. The van der Waals surface area contributed by atoms with Crippen LogP contribution in [0.5, 0.6) is 0 Å². The van der Waals surface area contributed by atoms with E-state index in [1.165, 1.54) is 0 Å². The second kappa shape index (κ2) is 2.44. The van der Waals surface area contributed by atoms with E-state index in [-0.39, 0.29) is 17.7 Å². The molecule has 1 heterocycles. The lowest BCUT2D eigenvalue weighted by atomic mass is 9.83. The molecule has 2 bridgehead atoms. The van der Waals surface area contributed by atoms with Gasteiger partial charge >= 0.3 is 0 Å². The molecule has 1 saturated heterocycles. The van der Waals surface area contributed by atoms with Crippen molar-refractivity contribution in [2.45, 2.75) is 12.5 Å². The number of hydrogen-bond acceptors (Lipinski definition) is 2. The third kappa shape index (κ3) is 0.816. The summed E-state index contributed by atoms with van der Waals surface area (Å²) < 4.78 is 0. The van der Waals surface area contributed by atoms with Crippen molar-refractivity contribution in [3.05, 3.63) is 35.4 Å². The molecule has 3 nitrogen and oxygen atoms in total. The molecule has 0 spiro atoms. The molecule has 3 rings (SSSR count). The van der Waals surface area contributed by atoms with Crippen molar-refractivity contribution < 1.29 is 9.59 Å². The molecule has 0 radical (unpaired) electrons. The van der Waals surface area contributed by atoms with E-state index >= 15 is 0 Å². The van der Waals surface area contributed by atoms with Crippen molar-refractivity contribution >= 4 is 11.7 Å². The predicted octanol–water partition coefficient (Wildman–Crippen LogP) is 1.06. The molecule has 2 aliphatic rings. The van der Waals surface area contributed by atoms with Crippen LogP contribution >= 0.6 is 0 Å². The number of rotatable bonds is 0. The van der Waals surface area contributed by atoms with E-state index in [0.717, 1.165) is 5.56 Å². The third-order valence-electron chi connectivity index (χ3n) is 3.02. The summed E-state index contributed by atoms with van der Waals surface area (Å²) in [5.41, 5.74) is 1.69. The van der Waals surface area contributed by atoms with Crippen LogP contribution in [-0.2, 0) is 4.79 Å². The van der Waals surface area contributed by atoms with Crippen molar-refractivity contribution in [3.63, 3.8) is 0 Å². The fourth-order valence-electron chi connectivity index (χ4n) is 2.32. The molecule has 0 aromatic heterocycles. The third-order valence-corrected chi connectivity index (χ3v) is 3.02. The van der Waals surface area contributed by atoms with Gasteiger partial charge in [0, 0.05) is 5.56 Å². The summed E-state index contributed by atoms with van der Waals surface area (Å²) in [5, 5.41) is 2.84. The number of hydrogen-bond donors (Lipinski definition) is 1. The number of carbonyl (C=O) groups is 2. The van der Waals surface area contributed by atoms with Crippen molar-refractivity contribution in [1.82, 2.24) is 5.32 Å². The van der Waals surface area contributed by atoms with E-state index in [2.05, 4.69) is 5.32 Å². The van der Waals surface area contributed by atoms with Gasteiger partial charge in [-0.1, -0.05) is 24.3 Å². The first-order valence-electron chi connectivity index (χ1n) is 4.71. The molecule has 1 aromatic rings. The molecule has 1 fully saturated rings. The molecule has 0 saturated carbocycles. The molecule has 2 unspecified atom stereocenters.